The fourth-order valence-electron chi connectivity index (χ4n) is 3.05. The lowest BCUT2D eigenvalue weighted by Crippen LogP contribution is -2.13. The molecule has 5 nitrogen and oxygen atoms in total. The molecule has 0 unspecified atom stereocenters. The second-order valence-electron chi connectivity index (χ2n) is 6.26. The van der Waals surface area contributed by atoms with Crippen LogP contribution in [0, 0.1) is 0 Å². The van der Waals surface area contributed by atoms with Gasteiger partial charge in [-0.05, 0) is 60.5 Å². The maximum absolute atomic E-state index is 11.0. The van der Waals surface area contributed by atoms with Crippen molar-refractivity contribution >= 4 is 17.6 Å². The summed E-state index contributed by atoms with van der Waals surface area (Å²) in [7, 11) is 1.63. The van der Waals surface area contributed by atoms with E-state index in [9.17, 15) is 4.79 Å². The highest BCUT2D eigenvalue weighted by molar-refractivity contribution is 6.32. The number of aromatic nitrogens is 1. The number of para-hydroxylation sites is 1. The molecule has 146 valence electrons. The molecule has 0 aliphatic heterocycles. The number of rotatable bonds is 9. The number of ether oxygens (including phenoxy) is 2. The molecule has 2 aromatic carbocycles. The molecule has 0 amide bonds. The van der Waals surface area contributed by atoms with Gasteiger partial charge < -0.3 is 19.1 Å². The number of aryl methyl sites for hydroxylation is 1. The lowest BCUT2D eigenvalue weighted by atomic mass is 10.1. The van der Waals surface area contributed by atoms with Crippen LogP contribution in [0.25, 0.3) is 11.3 Å². The number of methoxy groups -OCH3 is 1. The molecular weight excluding hydrogens is 378 g/mol. The molecule has 0 radical (unpaired) electrons. The third-order valence-electron chi connectivity index (χ3n) is 4.46. The zero-order valence-electron chi connectivity index (χ0n) is 15.6. The van der Waals surface area contributed by atoms with Crippen molar-refractivity contribution in [3.05, 3.63) is 71.4 Å². The summed E-state index contributed by atoms with van der Waals surface area (Å²) < 4.78 is 13.2. The number of carbonyl (C=O) groups is 1. The number of aliphatic carboxylic acids is 1. The second-order valence-corrected chi connectivity index (χ2v) is 6.67. The average Bonchev–Trinajstić information content (AvgIpc) is 3.10. The van der Waals surface area contributed by atoms with Crippen LogP contribution in [0.3, 0.4) is 0 Å². The van der Waals surface area contributed by atoms with Crippen LogP contribution in [-0.2, 0) is 17.8 Å². The fourth-order valence-corrected chi connectivity index (χ4v) is 3.24. The molecular formula is C22H22ClNO4. The number of carboxylic acid groups (broad SMARTS) is 1. The first-order chi connectivity index (χ1) is 13.6. The van der Waals surface area contributed by atoms with Gasteiger partial charge in [-0.2, -0.15) is 0 Å². The molecule has 0 saturated heterocycles. The largest absolute Gasteiger partial charge is 0.497 e. The predicted molar refractivity (Wildman–Crippen MR) is 109 cm³/mol. The van der Waals surface area contributed by atoms with Crippen LogP contribution in [0.1, 0.15) is 12.1 Å². The first-order valence-electron chi connectivity index (χ1n) is 9.00. The van der Waals surface area contributed by atoms with Crippen LogP contribution >= 0.6 is 11.6 Å². The minimum Gasteiger partial charge on any atom is -0.497 e. The molecule has 28 heavy (non-hydrogen) atoms. The van der Waals surface area contributed by atoms with Gasteiger partial charge in [0.05, 0.1) is 25.1 Å². The topological polar surface area (TPSA) is 60.7 Å². The Hall–Kier alpha value is -2.92. The van der Waals surface area contributed by atoms with E-state index in [2.05, 4.69) is 4.57 Å². The van der Waals surface area contributed by atoms with E-state index in [0.717, 1.165) is 22.7 Å². The zero-order valence-corrected chi connectivity index (χ0v) is 16.4. The minimum atomic E-state index is -0.814. The van der Waals surface area contributed by atoms with Crippen LogP contribution in [0.5, 0.6) is 11.5 Å². The van der Waals surface area contributed by atoms with Crippen molar-refractivity contribution in [2.75, 3.05) is 13.7 Å². The van der Waals surface area contributed by atoms with E-state index < -0.39 is 5.97 Å². The molecule has 1 aromatic heterocycles. The van der Waals surface area contributed by atoms with Gasteiger partial charge in [0.25, 0.3) is 0 Å². The molecule has 0 atom stereocenters. The first kappa shape index (κ1) is 19.8. The molecule has 1 N–H and O–H groups in total. The van der Waals surface area contributed by atoms with E-state index in [0.29, 0.717) is 30.3 Å². The molecule has 0 aliphatic carbocycles. The number of benzene rings is 2. The number of halogens is 1. The number of nitrogens with zero attached hydrogens (tertiary/aromatic N) is 1. The van der Waals surface area contributed by atoms with Gasteiger partial charge in [0.1, 0.15) is 18.1 Å². The van der Waals surface area contributed by atoms with Crippen LogP contribution < -0.4 is 9.47 Å². The Morgan fingerprint density at radius 2 is 1.82 bits per heavy atom. The van der Waals surface area contributed by atoms with Crippen molar-refractivity contribution in [1.29, 1.82) is 0 Å². The fraction of sp³-hybridized carbons (Fsp3) is 0.227. The summed E-state index contributed by atoms with van der Waals surface area (Å²) in [5.41, 5.74) is 2.99. The molecule has 0 bridgehead atoms. The van der Waals surface area contributed by atoms with Gasteiger partial charge in [0, 0.05) is 11.4 Å². The van der Waals surface area contributed by atoms with Gasteiger partial charge in [-0.1, -0.05) is 23.7 Å². The van der Waals surface area contributed by atoms with Crippen LogP contribution in [0.2, 0.25) is 5.02 Å². The lowest BCUT2D eigenvalue weighted by molar-refractivity contribution is -0.136. The van der Waals surface area contributed by atoms with E-state index in [1.165, 1.54) is 0 Å². The summed E-state index contributed by atoms with van der Waals surface area (Å²) >= 11 is 6.15. The third-order valence-corrected chi connectivity index (χ3v) is 4.77. The molecule has 1 heterocycles. The van der Waals surface area contributed by atoms with E-state index in [4.69, 9.17) is 26.2 Å². The summed E-state index contributed by atoms with van der Waals surface area (Å²) in [4.78, 5) is 11.0. The van der Waals surface area contributed by atoms with Crippen molar-refractivity contribution in [2.45, 2.75) is 19.4 Å². The Labute approximate surface area is 169 Å². The van der Waals surface area contributed by atoms with Gasteiger partial charge in [0.2, 0.25) is 0 Å². The van der Waals surface area contributed by atoms with Gasteiger partial charge in [-0.3, -0.25) is 4.79 Å². The SMILES string of the molecule is COc1ccc(-c2ccc(CCC(=O)O)n2CCOc2ccccc2Cl)cc1. The number of carboxylic acids is 1. The summed E-state index contributed by atoms with van der Waals surface area (Å²) in [5, 5.41) is 9.61. The Morgan fingerprint density at radius 1 is 1.07 bits per heavy atom. The van der Waals surface area contributed by atoms with Crippen LogP contribution in [0.4, 0.5) is 0 Å². The second kappa shape index (κ2) is 9.33. The minimum absolute atomic E-state index is 0.0808. The molecule has 6 heteroatoms. The first-order valence-corrected chi connectivity index (χ1v) is 9.38. The van der Waals surface area contributed by atoms with Crippen molar-refractivity contribution in [3.63, 3.8) is 0 Å². The zero-order chi connectivity index (χ0) is 19.9. The summed E-state index contributed by atoms with van der Waals surface area (Å²) in [6.07, 6.45) is 0.537. The van der Waals surface area contributed by atoms with Gasteiger partial charge in [-0.25, -0.2) is 0 Å². The Balaban J connectivity index is 1.81. The third kappa shape index (κ3) is 4.87. The van der Waals surface area contributed by atoms with Crippen LogP contribution in [-0.4, -0.2) is 29.4 Å². The molecule has 3 rings (SSSR count). The lowest BCUT2D eigenvalue weighted by Gasteiger charge is -2.15. The Morgan fingerprint density at radius 3 is 2.50 bits per heavy atom. The van der Waals surface area contributed by atoms with Crippen molar-refractivity contribution in [2.24, 2.45) is 0 Å². The smallest absolute Gasteiger partial charge is 0.303 e. The Kier molecular flexibility index (Phi) is 6.61. The van der Waals surface area contributed by atoms with Gasteiger partial charge in [0.15, 0.2) is 0 Å². The molecule has 0 aliphatic rings. The van der Waals surface area contributed by atoms with Gasteiger partial charge in [-0.15, -0.1) is 0 Å². The van der Waals surface area contributed by atoms with E-state index >= 15 is 0 Å². The highest BCUT2D eigenvalue weighted by atomic mass is 35.5. The van der Waals surface area contributed by atoms with Crippen molar-refractivity contribution < 1.29 is 19.4 Å². The van der Waals surface area contributed by atoms with E-state index in [1.807, 2.05) is 54.6 Å². The molecule has 0 fully saturated rings. The quantitative estimate of drug-likeness (QED) is 0.555. The standard InChI is InChI=1S/C22H22ClNO4/c1-27-18-10-6-16(7-11-18)20-12-8-17(9-13-22(25)26)24(20)14-15-28-21-5-3-2-4-19(21)23/h2-8,10-12H,9,13-15H2,1H3,(H,25,26). The summed E-state index contributed by atoms with van der Waals surface area (Å²) in [6, 6.07) is 19.1. The molecule has 0 spiro atoms. The number of hydrogen-bond acceptors (Lipinski definition) is 3. The van der Waals surface area contributed by atoms with Gasteiger partial charge >= 0.3 is 5.97 Å². The van der Waals surface area contributed by atoms with Crippen molar-refractivity contribution in [1.82, 2.24) is 4.57 Å². The maximum atomic E-state index is 11.0. The highest BCUT2D eigenvalue weighted by Crippen LogP contribution is 2.27. The average molecular weight is 400 g/mol. The number of hydrogen-bond donors (Lipinski definition) is 1. The molecule has 0 saturated carbocycles. The van der Waals surface area contributed by atoms with E-state index in [-0.39, 0.29) is 6.42 Å². The molecule has 3 aromatic rings. The van der Waals surface area contributed by atoms with Crippen LogP contribution in [0.15, 0.2) is 60.7 Å². The summed E-state index contributed by atoms with van der Waals surface area (Å²) in [5.74, 6) is 0.607. The Bertz CT molecular complexity index is 934. The summed E-state index contributed by atoms with van der Waals surface area (Å²) in [6.45, 7) is 0.996. The van der Waals surface area contributed by atoms with E-state index in [1.54, 1.807) is 13.2 Å². The highest BCUT2D eigenvalue weighted by Gasteiger charge is 2.12. The monoisotopic (exact) mass is 399 g/mol. The van der Waals surface area contributed by atoms with Crippen molar-refractivity contribution in [3.8, 4) is 22.8 Å². The normalized spacial score (nSPS) is 10.6. The maximum Gasteiger partial charge on any atom is 0.303 e. The predicted octanol–water partition coefficient (Wildman–Crippen LogP) is 4.91.